The van der Waals surface area contributed by atoms with E-state index in [1.54, 1.807) is 0 Å². The maximum absolute atomic E-state index is 10.7. The number of nitroso groups, excluding NO2 is 1. The first-order chi connectivity index (χ1) is 5.16. The average Bonchev–Trinajstić information content (AvgIpc) is 1.97. The summed E-state index contributed by atoms with van der Waals surface area (Å²) < 4.78 is 5.45. The summed E-state index contributed by atoms with van der Waals surface area (Å²) in [5.41, 5.74) is 0. The lowest BCUT2D eigenvalue weighted by atomic mass is 10.7. The highest BCUT2D eigenvalue weighted by atomic mass is 31.1. The van der Waals surface area contributed by atoms with Crippen LogP contribution in [0.3, 0.4) is 0 Å². The smallest absolute Gasteiger partial charge is 0.300 e. The van der Waals surface area contributed by atoms with Crippen molar-refractivity contribution in [3.63, 3.8) is 0 Å². The monoisotopic (exact) mass is 179 g/mol. The number of nitrogens with zero attached hydrogens (tertiary/aromatic N) is 1. The molecule has 0 aliphatic carbocycles. The van der Waals surface area contributed by atoms with Crippen LogP contribution >= 0.6 is 8.81 Å². The van der Waals surface area contributed by atoms with E-state index in [4.69, 9.17) is 4.52 Å². The van der Waals surface area contributed by atoms with Crippen molar-refractivity contribution >= 4 is 14.7 Å². The van der Waals surface area contributed by atoms with E-state index >= 15 is 0 Å². The molecule has 0 bridgehead atoms. The third-order valence-electron chi connectivity index (χ3n) is 0.857. The number of nitrogens with one attached hydrogen (secondary N) is 1. The molecule has 11 heavy (non-hydrogen) atoms. The summed E-state index contributed by atoms with van der Waals surface area (Å²) in [5, 5.41) is 2.35. The Morgan fingerprint density at radius 1 is 1.73 bits per heavy atom. The van der Waals surface area contributed by atoms with Gasteiger partial charge in [0.15, 0.2) is 0 Å². The molecule has 0 aliphatic rings. The van der Waals surface area contributed by atoms with Gasteiger partial charge in [-0.25, -0.2) is 0 Å². The zero-order valence-corrected chi connectivity index (χ0v) is 7.59. The predicted molar refractivity (Wildman–Crippen MR) is 42.5 cm³/mol. The molecule has 0 spiro atoms. The van der Waals surface area contributed by atoms with Crippen LogP contribution in [0.15, 0.2) is 0 Å². The molecule has 1 atom stereocenters. The maximum Gasteiger partial charge on any atom is 0.300 e. The maximum atomic E-state index is 10.7. The third-order valence-corrected chi connectivity index (χ3v) is 1.28. The molecule has 64 valence electrons. The number of amides is 1. The highest BCUT2D eigenvalue weighted by molar-refractivity contribution is 7.31. The molecule has 0 aromatic rings. The molecule has 1 unspecified atom stereocenters. The van der Waals surface area contributed by atoms with Gasteiger partial charge in [0.2, 0.25) is 5.91 Å². The first kappa shape index (κ1) is 10.5. The van der Waals surface area contributed by atoms with Crippen molar-refractivity contribution in [1.82, 2.24) is 5.32 Å². The van der Waals surface area contributed by atoms with Crippen molar-refractivity contribution in [2.45, 2.75) is 6.92 Å². The van der Waals surface area contributed by atoms with E-state index in [9.17, 15) is 9.70 Å². The van der Waals surface area contributed by atoms with Crippen LogP contribution in [0, 0.1) is 4.91 Å². The van der Waals surface area contributed by atoms with Crippen LogP contribution in [0.4, 0.5) is 0 Å². The summed E-state index contributed by atoms with van der Waals surface area (Å²) in [6.45, 7) is 3.18. The number of carbonyl (C=O) groups is 1. The summed E-state index contributed by atoms with van der Waals surface area (Å²) in [5.74, 6) is -0.218. The van der Waals surface area contributed by atoms with Gasteiger partial charge in [-0.3, -0.25) is 10.1 Å². The minimum atomic E-state index is -0.218. The molecule has 5 nitrogen and oxygen atoms in total. The number of hydrogen-bond donors (Lipinski definition) is 1. The Kier molecular flexibility index (Phi) is 5.88. The van der Waals surface area contributed by atoms with Crippen molar-refractivity contribution in [1.29, 1.82) is 0 Å². The molecule has 6 heteroatoms. The lowest BCUT2D eigenvalue weighted by molar-refractivity contribution is -0.579. The highest BCUT2D eigenvalue weighted by Gasteiger charge is 2.06. The summed E-state index contributed by atoms with van der Waals surface area (Å²) in [7, 11) is 0.295. The van der Waals surface area contributed by atoms with Crippen molar-refractivity contribution < 1.29 is 14.1 Å². The number of carbonyl (C=O) groups excluding carboxylic acids is 1. The number of hydrogen-bond acceptors (Lipinski definition) is 3. The van der Waals surface area contributed by atoms with Gasteiger partial charge in [0, 0.05) is 25.4 Å². The fraction of sp³-hybridized carbons (Fsp3) is 0.800. The van der Waals surface area contributed by atoms with Gasteiger partial charge in [-0.1, -0.05) is 0 Å². The normalized spacial score (nSPS) is 10.4. The minimum Gasteiger partial charge on any atom is -0.301 e. The Bertz CT molecular complexity index is 151. The van der Waals surface area contributed by atoms with Crippen LogP contribution in [-0.4, -0.2) is 30.7 Å². The first-order valence-electron chi connectivity index (χ1n) is 3.12. The standard InChI is InChI=1S/C5H11N2O3P/c1-5(8)6-3-7(9)4-10-11-2/h11H,3-4H2,1-2H3/p+1. The fourth-order valence-corrected chi connectivity index (χ4v) is 0.655. The molecule has 0 radical (unpaired) electrons. The van der Waals surface area contributed by atoms with Crippen molar-refractivity contribution in [3.8, 4) is 0 Å². The third kappa shape index (κ3) is 7.36. The first-order valence-corrected chi connectivity index (χ1v) is 4.52. The summed E-state index contributed by atoms with van der Waals surface area (Å²) in [6.07, 6.45) is 0. The Labute approximate surface area is 66.9 Å². The topological polar surface area (TPSA) is 58.4 Å². The molecular weight excluding hydrogens is 167 g/mol. The largest absolute Gasteiger partial charge is 0.301 e. The van der Waals surface area contributed by atoms with Gasteiger partial charge >= 0.3 is 0 Å². The van der Waals surface area contributed by atoms with Crippen molar-refractivity contribution in [2.24, 2.45) is 0 Å². The highest BCUT2D eigenvalue weighted by Crippen LogP contribution is 2.01. The molecule has 0 saturated heterocycles. The molecule has 0 aliphatic heterocycles. The molecule has 0 fully saturated rings. The second-order valence-electron chi connectivity index (χ2n) is 1.85. The van der Waals surface area contributed by atoms with Gasteiger partial charge in [-0.15, -0.1) is 0 Å². The second kappa shape index (κ2) is 6.19. The van der Waals surface area contributed by atoms with Crippen LogP contribution in [0.5, 0.6) is 0 Å². The van der Waals surface area contributed by atoms with Crippen LogP contribution in [0.2, 0.25) is 0 Å². The molecule has 1 N–H and O–H groups in total. The van der Waals surface area contributed by atoms with Gasteiger partial charge < -0.3 is 4.52 Å². The lowest BCUT2D eigenvalue weighted by Gasteiger charge is -1.94. The Morgan fingerprint density at radius 3 is 2.82 bits per heavy atom. The molecule has 0 aromatic carbocycles. The van der Waals surface area contributed by atoms with E-state index in [1.807, 2.05) is 6.66 Å². The lowest BCUT2D eigenvalue weighted by Crippen LogP contribution is -2.29. The van der Waals surface area contributed by atoms with E-state index in [2.05, 4.69) is 5.32 Å². The summed E-state index contributed by atoms with van der Waals surface area (Å²) >= 11 is 0. The molecule has 1 amide bonds. The van der Waals surface area contributed by atoms with Crippen molar-refractivity contribution in [3.05, 3.63) is 4.91 Å². The molecule has 0 saturated carbocycles. The van der Waals surface area contributed by atoms with Crippen LogP contribution in [0.1, 0.15) is 6.92 Å². The van der Waals surface area contributed by atoms with Crippen LogP contribution < -0.4 is 5.32 Å². The minimum absolute atomic E-state index is 0.00915. The molecule has 0 aromatic heterocycles. The molecular formula is C5H12N2O3P+. The van der Waals surface area contributed by atoms with Gasteiger partial charge in [0.1, 0.15) is 0 Å². The summed E-state index contributed by atoms with van der Waals surface area (Å²) in [6, 6.07) is 0. The van der Waals surface area contributed by atoms with Gasteiger partial charge in [-0.2, -0.15) is 0 Å². The van der Waals surface area contributed by atoms with E-state index in [1.165, 1.54) is 6.92 Å². The van der Waals surface area contributed by atoms with E-state index in [0.29, 0.717) is 13.6 Å². The Morgan fingerprint density at radius 2 is 2.36 bits per heavy atom. The second-order valence-corrected chi connectivity index (χ2v) is 2.55. The summed E-state index contributed by atoms with van der Waals surface area (Å²) in [4.78, 5) is 21.0. The zero-order chi connectivity index (χ0) is 8.69. The quantitative estimate of drug-likeness (QED) is 0.368. The van der Waals surface area contributed by atoms with E-state index in [0.717, 1.165) is 0 Å². The van der Waals surface area contributed by atoms with Gasteiger partial charge in [0.05, 0.1) is 0 Å². The zero-order valence-electron chi connectivity index (χ0n) is 6.59. The van der Waals surface area contributed by atoms with E-state index < -0.39 is 0 Å². The Balaban J connectivity index is 3.30. The van der Waals surface area contributed by atoms with Crippen LogP contribution in [-0.2, 0) is 9.32 Å². The molecule has 0 heterocycles. The fourth-order valence-electron chi connectivity index (χ4n) is 0.382. The predicted octanol–water partition coefficient (Wildman–Crippen LogP) is 0.0563. The van der Waals surface area contributed by atoms with E-state index in [-0.39, 0.29) is 19.3 Å². The molecule has 0 rings (SSSR count). The van der Waals surface area contributed by atoms with Gasteiger partial charge in [0.25, 0.3) is 13.4 Å². The SMILES string of the molecule is CPOC[N+](=O)CNC(C)=O. The average molecular weight is 179 g/mol. The number of rotatable bonds is 5. The van der Waals surface area contributed by atoms with Crippen molar-refractivity contribution in [2.75, 3.05) is 20.1 Å². The van der Waals surface area contributed by atoms with Crippen LogP contribution in [0.25, 0.3) is 0 Å². The van der Waals surface area contributed by atoms with Gasteiger partial charge in [-0.05, 0) is 6.66 Å². The Hall–Kier alpha value is -0.540.